The molecule has 212 valence electrons. The van der Waals surface area contributed by atoms with Gasteiger partial charge in [0.25, 0.3) is 0 Å². The fourth-order valence-electron chi connectivity index (χ4n) is 3.45. The summed E-state index contributed by atoms with van der Waals surface area (Å²) < 4.78 is 33.1. The maximum atomic E-state index is 12.4. The summed E-state index contributed by atoms with van der Waals surface area (Å²) >= 11 is 0. The van der Waals surface area contributed by atoms with Gasteiger partial charge in [-0.1, -0.05) is 50.5 Å². The Bertz CT molecular complexity index is 609. The van der Waals surface area contributed by atoms with Crippen molar-refractivity contribution >= 4 is 13.8 Å². The number of carbonyl (C=O) groups is 1. The van der Waals surface area contributed by atoms with E-state index in [0.717, 1.165) is 51.5 Å². The molecular formula is C28H54NO6P. The number of unbranched alkanes of at least 4 members (excludes halogenated alkanes) is 9. The van der Waals surface area contributed by atoms with Gasteiger partial charge in [0.2, 0.25) is 0 Å². The highest BCUT2D eigenvalue weighted by Crippen LogP contribution is 2.48. The van der Waals surface area contributed by atoms with Crippen LogP contribution in [0.1, 0.15) is 103 Å². The number of phosphoric acid groups is 1. The Labute approximate surface area is 221 Å². The van der Waals surface area contributed by atoms with Gasteiger partial charge in [0.1, 0.15) is 0 Å². The van der Waals surface area contributed by atoms with E-state index in [2.05, 4.69) is 36.1 Å². The monoisotopic (exact) mass is 531 g/mol. The third kappa shape index (κ3) is 24.7. The highest BCUT2D eigenvalue weighted by Gasteiger charge is 2.24. The van der Waals surface area contributed by atoms with Crippen LogP contribution in [0.3, 0.4) is 0 Å². The van der Waals surface area contributed by atoms with E-state index >= 15 is 0 Å². The normalized spacial score (nSPS) is 13.7. The summed E-state index contributed by atoms with van der Waals surface area (Å²) in [6.45, 7) is 3.84. The number of hydrogen-bond donors (Lipinski definition) is 0. The van der Waals surface area contributed by atoms with E-state index < -0.39 is 7.82 Å². The summed E-state index contributed by atoms with van der Waals surface area (Å²) in [7, 11) is 1.79. The fraction of sp³-hybridized carbons (Fsp3) is 0.821. The lowest BCUT2D eigenvalue weighted by molar-refractivity contribution is -0.144. The number of allylic oxidation sites excluding steroid dienone is 4. The Morgan fingerprint density at radius 3 is 1.89 bits per heavy atom. The van der Waals surface area contributed by atoms with E-state index in [1.165, 1.54) is 45.6 Å². The predicted octanol–water partition coefficient (Wildman–Crippen LogP) is 7.86. The van der Waals surface area contributed by atoms with Crippen LogP contribution in [0.25, 0.3) is 0 Å². The average Bonchev–Trinajstić information content (AvgIpc) is 2.85. The molecule has 0 aliphatic heterocycles. The van der Waals surface area contributed by atoms with Gasteiger partial charge in [-0.15, -0.1) is 0 Å². The van der Waals surface area contributed by atoms with Crippen LogP contribution >= 0.6 is 7.82 Å². The molecule has 0 saturated carbocycles. The smallest absolute Gasteiger partial charge is 0.466 e. The second-order valence-electron chi connectivity index (χ2n) is 9.32. The molecule has 0 N–H and O–H groups in total. The minimum absolute atomic E-state index is 0.154. The zero-order chi connectivity index (χ0) is 26.7. The number of esters is 1. The van der Waals surface area contributed by atoms with E-state index in [1.807, 2.05) is 14.1 Å². The lowest BCUT2D eigenvalue weighted by Gasteiger charge is -2.16. The maximum absolute atomic E-state index is 12.4. The van der Waals surface area contributed by atoms with E-state index in [0.29, 0.717) is 19.4 Å². The van der Waals surface area contributed by atoms with Crippen LogP contribution < -0.4 is 0 Å². The molecule has 0 bridgehead atoms. The second kappa shape index (κ2) is 25.7. The van der Waals surface area contributed by atoms with Crippen molar-refractivity contribution in [3.63, 3.8) is 0 Å². The molecule has 0 saturated heterocycles. The van der Waals surface area contributed by atoms with Gasteiger partial charge in [0.15, 0.2) is 0 Å². The molecule has 1 unspecified atom stereocenters. The zero-order valence-corrected chi connectivity index (χ0v) is 24.5. The van der Waals surface area contributed by atoms with Gasteiger partial charge in [-0.2, -0.15) is 0 Å². The molecule has 0 spiro atoms. The van der Waals surface area contributed by atoms with Gasteiger partial charge < -0.3 is 9.64 Å². The summed E-state index contributed by atoms with van der Waals surface area (Å²) in [6.07, 6.45) is 24.5. The van der Waals surface area contributed by atoms with Crippen LogP contribution in [0.2, 0.25) is 0 Å². The molecule has 0 aromatic heterocycles. The number of rotatable bonds is 26. The highest BCUT2D eigenvalue weighted by atomic mass is 31.2. The number of hydrogen-bond acceptors (Lipinski definition) is 7. The van der Waals surface area contributed by atoms with E-state index in [1.54, 1.807) is 0 Å². The van der Waals surface area contributed by atoms with Crippen molar-refractivity contribution in [3.8, 4) is 0 Å². The highest BCUT2D eigenvalue weighted by molar-refractivity contribution is 7.48. The number of phosphoric ester groups is 1. The second-order valence-corrected chi connectivity index (χ2v) is 11.1. The Balaban J connectivity index is 3.54. The number of carbonyl (C=O) groups excluding carboxylic acids is 1. The molecule has 0 amide bonds. The molecule has 8 heteroatoms. The molecule has 0 heterocycles. The Morgan fingerprint density at radius 1 is 0.722 bits per heavy atom. The average molecular weight is 532 g/mol. The van der Waals surface area contributed by atoms with Crippen LogP contribution in [-0.4, -0.2) is 58.4 Å². The van der Waals surface area contributed by atoms with Gasteiger partial charge in [0, 0.05) is 20.0 Å². The van der Waals surface area contributed by atoms with E-state index in [4.69, 9.17) is 18.3 Å². The first kappa shape index (κ1) is 35.0. The van der Waals surface area contributed by atoms with Gasteiger partial charge in [-0.05, 0) is 84.8 Å². The Kier molecular flexibility index (Phi) is 25.0. The Morgan fingerprint density at radius 2 is 1.28 bits per heavy atom. The zero-order valence-electron chi connectivity index (χ0n) is 23.6. The lowest BCUT2D eigenvalue weighted by atomic mass is 10.1. The standard InChI is InChI=1S/C28H54NO6P/c1-5-6-7-8-9-10-11-12-13-14-15-16-17-18-19-23-28(30)33-25-22-27-35-36(31,32-4)34-26-21-20-24-29(2)3/h6-7,12-13H,5,8-11,14-27H2,1-4H3/b7-6-,13-12-. The number of nitrogens with zero attached hydrogens (tertiary/aromatic N) is 1. The molecule has 0 rings (SSSR count). The first-order chi connectivity index (χ1) is 17.4. The van der Waals surface area contributed by atoms with Gasteiger partial charge >= 0.3 is 13.8 Å². The molecule has 7 nitrogen and oxygen atoms in total. The van der Waals surface area contributed by atoms with Crippen molar-refractivity contribution in [3.05, 3.63) is 24.3 Å². The summed E-state index contributed by atoms with van der Waals surface area (Å²) in [5, 5.41) is 0. The molecule has 0 fully saturated rings. The van der Waals surface area contributed by atoms with Crippen LogP contribution in [0.5, 0.6) is 0 Å². The molecule has 0 aliphatic carbocycles. The topological polar surface area (TPSA) is 74.3 Å². The summed E-state index contributed by atoms with van der Waals surface area (Å²) in [5.74, 6) is -0.185. The van der Waals surface area contributed by atoms with Gasteiger partial charge in [-0.3, -0.25) is 18.4 Å². The number of ether oxygens (including phenoxy) is 1. The fourth-order valence-corrected chi connectivity index (χ4v) is 4.44. The van der Waals surface area contributed by atoms with Gasteiger partial charge in [-0.25, -0.2) is 4.57 Å². The molecular weight excluding hydrogens is 477 g/mol. The van der Waals surface area contributed by atoms with Crippen molar-refractivity contribution in [2.24, 2.45) is 0 Å². The third-order valence-electron chi connectivity index (χ3n) is 5.59. The first-order valence-electron chi connectivity index (χ1n) is 14.0. The molecule has 0 aromatic carbocycles. The molecule has 36 heavy (non-hydrogen) atoms. The first-order valence-corrected chi connectivity index (χ1v) is 15.4. The van der Waals surface area contributed by atoms with Crippen molar-refractivity contribution in [2.75, 3.05) is 47.6 Å². The third-order valence-corrected chi connectivity index (χ3v) is 7.03. The summed E-state index contributed by atoms with van der Waals surface area (Å²) in [6, 6.07) is 0. The Hall–Kier alpha value is -0.980. The largest absolute Gasteiger partial charge is 0.474 e. The van der Waals surface area contributed by atoms with Crippen molar-refractivity contribution in [1.82, 2.24) is 4.90 Å². The molecule has 0 aromatic rings. The van der Waals surface area contributed by atoms with Crippen LogP contribution in [0.4, 0.5) is 0 Å². The summed E-state index contributed by atoms with van der Waals surface area (Å²) in [4.78, 5) is 13.9. The van der Waals surface area contributed by atoms with Crippen LogP contribution in [0, 0.1) is 0 Å². The lowest BCUT2D eigenvalue weighted by Crippen LogP contribution is -2.13. The van der Waals surface area contributed by atoms with Crippen molar-refractivity contribution in [1.29, 1.82) is 0 Å². The minimum Gasteiger partial charge on any atom is -0.466 e. The van der Waals surface area contributed by atoms with Crippen LogP contribution in [-0.2, 0) is 27.7 Å². The molecule has 0 radical (unpaired) electrons. The SMILES string of the molecule is CC/C=C\CCCC/C=C\CCCCCCCC(=O)OCCCOP(=O)(OC)OCCCCN(C)C. The van der Waals surface area contributed by atoms with E-state index in [-0.39, 0.29) is 19.2 Å². The summed E-state index contributed by atoms with van der Waals surface area (Å²) in [5.41, 5.74) is 0. The molecule has 1 atom stereocenters. The maximum Gasteiger partial charge on any atom is 0.474 e. The van der Waals surface area contributed by atoms with Crippen molar-refractivity contribution in [2.45, 2.75) is 103 Å². The van der Waals surface area contributed by atoms with Gasteiger partial charge in [0.05, 0.1) is 19.8 Å². The van der Waals surface area contributed by atoms with Crippen LogP contribution in [0.15, 0.2) is 24.3 Å². The molecule has 0 aliphatic rings. The minimum atomic E-state index is -3.53. The quantitative estimate of drug-likeness (QED) is 0.0487. The predicted molar refractivity (Wildman–Crippen MR) is 149 cm³/mol. The van der Waals surface area contributed by atoms with E-state index in [9.17, 15) is 9.36 Å². The van der Waals surface area contributed by atoms with Crippen molar-refractivity contribution < 1.29 is 27.7 Å².